The van der Waals surface area contributed by atoms with Gasteiger partial charge >= 0.3 is 11.9 Å². The lowest BCUT2D eigenvalue weighted by Gasteiger charge is -2.06. The molecule has 1 aliphatic rings. The minimum Gasteiger partial charge on any atom is -0.479 e. The Labute approximate surface area is 61.3 Å². The number of hydrogen-bond acceptors (Lipinski definition) is 4. The molecule has 0 aromatic carbocycles. The highest BCUT2D eigenvalue weighted by Crippen LogP contribution is 2.12. The summed E-state index contributed by atoms with van der Waals surface area (Å²) in [7, 11) is 0. The summed E-state index contributed by atoms with van der Waals surface area (Å²) in [6.07, 6.45) is -2.76. The normalized spacial score (nSPS) is 30.2. The summed E-state index contributed by atoms with van der Waals surface area (Å²) in [5, 5.41) is 16.7. The average Bonchev–Trinajstić information content (AvgIpc) is 2.32. The van der Waals surface area contributed by atoms with Gasteiger partial charge in [0, 0.05) is 0 Å². The monoisotopic (exact) mass is 162 g/mol. The first-order valence-electron chi connectivity index (χ1n) is 2.81. The van der Waals surface area contributed by atoms with Crippen molar-refractivity contribution in [1.29, 1.82) is 0 Å². The third-order valence-corrected chi connectivity index (χ3v) is 1.26. The Hall–Kier alpha value is -1.14. The van der Waals surface area contributed by atoms with Gasteiger partial charge in [-0.05, 0) is 0 Å². The molecule has 1 saturated heterocycles. The second-order valence-corrected chi connectivity index (χ2v) is 1.97. The fourth-order valence-corrected chi connectivity index (χ4v) is 0.762. The molecule has 2 N–H and O–H groups in total. The van der Waals surface area contributed by atoms with Crippen LogP contribution in [0.15, 0.2) is 0 Å². The van der Waals surface area contributed by atoms with E-state index in [-0.39, 0.29) is 6.79 Å². The molecule has 0 aliphatic carbocycles. The molecule has 1 fully saturated rings. The van der Waals surface area contributed by atoms with Gasteiger partial charge in [-0.1, -0.05) is 0 Å². The molecule has 0 radical (unpaired) electrons. The van der Waals surface area contributed by atoms with Crippen LogP contribution in [0.1, 0.15) is 0 Å². The van der Waals surface area contributed by atoms with Gasteiger partial charge in [-0.2, -0.15) is 0 Å². The summed E-state index contributed by atoms with van der Waals surface area (Å²) in [6, 6.07) is 0. The van der Waals surface area contributed by atoms with Gasteiger partial charge < -0.3 is 19.7 Å². The van der Waals surface area contributed by atoms with Crippen molar-refractivity contribution in [3.63, 3.8) is 0 Å². The predicted octanol–water partition coefficient (Wildman–Crippen LogP) is -1.10. The molecule has 0 bridgehead atoms. The number of rotatable bonds is 2. The first kappa shape index (κ1) is 7.96. The first-order valence-corrected chi connectivity index (χ1v) is 2.81. The number of carboxylic acid groups (broad SMARTS) is 2. The Morgan fingerprint density at radius 2 is 1.45 bits per heavy atom. The standard InChI is InChI=1S/C5H6O6/c6-4(7)2-3(5(8)9)11-1-10-2/h2-3H,1H2,(H,6,7)(H,8,9)/t2-,3-/m1/s1. The van der Waals surface area contributed by atoms with Crippen LogP contribution in [0.3, 0.4) is 0 Å². The molecule has 2 atom stereocenters. The maximum atomic E-state index is 10.2. The van der Waals surface area contributed by atoms with Crippen LogP contribution >= 0.6 is 0 Å². The molecule has 0 unspecified atom stereocenters. The molecule has 11 heavy (non-hydrogen) atoms. The minimum absolute atomic E-state index is 0.284. The van der Waals surface area contributed by atoms with Crippen molar-refractivity contribution in [1.82, 2.24) is 0 Å². The zero-order chi connectivity index (χ0) is 8.43. The molecule has 0 amide bonds. The maximum Gasteiger partial charge on any atom is 0.336 e. The van der Waals surface area contributed by atoms with Gasteiger partial charge in [-0.3, -0.25) is 0 Å². The number of carboxylic acids is 2. The fourth-order valence-electron chi connectivity index (χ4n) is 0.762. The second kappa shape index (κ2) is 2.85. The minimum atomic E-state index is -1.38. The third-order valence-electron chi connectivity index (χ3n) is 1.26. The van der Waals surface area contributed by atoms with Crippen LogP contribution in [0.5, 0.6) is 0 Å². The van der Waals surface area contributed by atoms with E-state index in [9.17, 15) is 9.59 Å². The van der Waals surface area contributed by atoms with Crippen LogP contribution in [0.2, 0.25) is 0 Å². The van der Waals surface area contributed by atoms with Crippen LogP contribution in [-0.2, 0) is 19.1 Å². The van der Waals surface area contributed by atoms with Crippen molar-refractivity contribution < 1.29 is 29.3 Å². The molecule has 0 saturated carbocycles. The molecule has 6 heteroatoms. The molecule has 6 nitrogen and oxygen atoms in total. The van der Waals surface area contributed by atoms with E-state index in [1.807, 2.05) is 0 Å². The molecule has 0 aromatic rings. The lowest BCUT2D eigenvalue weighted by Crippen LogP contribution is -2.36. The molecule has 1 heterocycles. The van der Waals surface area contributed by atoms with Gasteiger partial charge in [-0.25, -0.2) is 9.59 Å². The second-order valence-electron chi connectivity index (χ2n) is 1.97. The van der Waals surface area contributed by atoms with E-state index in [0.29, 0.717) is 0 Å². The summed E-state index contributed by atoms with van der Waals surface area (Å²) in [4.78, 5) is 20.5. The number of carbonyl (C=O) groups is 2. The lowest BCUT2D eigenvalue weighted by molar-refractivity contribution is -0.156. The molecular formula is C5H6O6. The van der Waals surface area contributed by atoms with Crippen molar-refractivity contribution in [2.24, 2.45) is 0 Å². The summed E-state index contributed by atoms with van der Waals surface area (Å²) in [5.74, 6) is -2.65. The Balaban J connectivity index is 2.65. The van der Waals surface area contributed by atoms with Crippen LogP contribution < -0.4 is 0 Å². The fraction of sp³-hybridized carbons (Fsp3) is 0.600. The third kappa shape index (κ3) is 1.47. The molecule has 62 valence electrons. The van der Waals surface area contributed by atoms with E-state index in [1.165, 1.54) is 0 Å². The van der Waals surface area contributed by atoms with Crippen LogP contribution in [0.4, 0.5) is 0 Å². The van der Waals surface area contributed by atoms with E-state index in [2.05, 4.69) is 9.47 Å². The van der Waals surface area contributed by atoms with Gasteiger partial charge in [0.2, 0.25) is 0 Å². The maximum absolute atomic E-state index is 10.2. The van der Waals surface area contributed by atoms with Crippen molar-refractivity contribution in [3.8, 4) is 0 Å². The molecule has 0 spiro atoms. The Morgan fingerprint density at radius 3 is 1.73 bits per heavy atom. The van der Waals surface area contributed by atoms with E-state index in [4.69, 9.17) is 10.2 Å². The Kier molecular flexibility index (Phi) is 2.06. The Bertz CT molecular complexity index is 167. The van der Waals surface area contributed by atoms with Crippen molar-refractivity contribution in [2.45, 2.75) is 12.2 Å². The zero-order valence-corrected chi connectivity index (χ0v) is 5.39. The van der Waals surface area contributed by atoms with Crippen LogP contribution in [0, 0.1) is 0 Å². The molecule has 0 aromatic heterocycles. The van der Waals surface area contributed by atoms with E-state index in [1.54, 1.807) is 0 Å². The quantitative estimate of drug-likeness (QED) is 0.535. The molecule has 1 rings (SSSR count). The van der Waals surface area contributed by atoms with Gasteiger partial charge in [0.15, 0.2) is 12.2 Å². The average molecular weight is 162 g/mol. The van der Waals surface area contributed by atoms with Crippen molar-refractivity contribution in [3.05, 3.63) is 0 Å². The topological polar surface area (TPSA) is 93.1 Å². The largest absolute Gasteiger partial charge is 0.479 e. The number of ether oxygens (including phenoxy) is 2. The molecule has 1 aliphatic heterocycles. The van der Waals surface area contributed by atoms with Crippen LogP contribution in [0.25, 0.3) is 0 Å². The summed E-state index contributed by atoms with van der Waals surface area (Å²) < 4.78 is 8.97. The highest BCUT2D eigenvalue weighted by Gasteiger charge is 2.40. The van der Waals surface area contributed by atoms with E-state index < -0.39 is 24.1 Å². The summed E-state index contributed by atoms with van der Waals surface area (Å²) >= 11 is 0. The molecular weight excluding hydrogens is 156 g/mol. The van der Waals surface area contributed by atoms with Crippen molar-refractivity contribution >= 4 is 11.9 Å². The predicted molar refractivity (Wildman–Crippen MR) is 29.9 cm³/mol. The zero-order valence-electron chi connectivity index (χ0n) is 5.39. The highest BCUT2D eigenvalue weighted by atomic mass is 16.7. The number of aliphatic carboxylic acids is 2. The highest BCUT2D eigenvalue weighted by molar-refractivity contribution is 5.83. The van der Waals surface area contributed by atoms with Gasteiger partial charge in [0.1, 0.15) is 6.79 Å². The van der Waals surface area contributed by atoms with Gasteiger partial charge in [0.25, 0.3) is 0 Å². The van der Waals surface area contributed by atoms with E-state index >= 15 is 0 Å². The van der Waals surface area contributed by atoms with Gasteiger partial charge in [0.05, 0.1) is 0 Å². The van der Waals surface area contributed by atoms with Crippen LogP contribution in [-0.4, -0.2) is 41.2 Å². The van der Waals surface area contributed by atoms with E-state index in [0.717, 1.165) is 0 Å². The number of hydrogen-bond donors (Lipinski definition) is 2. The smallest absolute Gasteiger partial charge is 0.336 e. The Morgan fingerprint density at radius 1 is 1.09 bits per heavy atom. The first-order chi connectivity index (χ1) is 5.13. The van der Waals surface area contributed by atoms with Crippen molar-refractivity contribution in [2.75, 3.05) is 6.79 Å². The SMILES string of the molecule is O=C(O)[C@@H]1OCO[C@H]1C(=O)O. The summed E-state index contributed by atoms with van der Waals surface area (Å²) in [5.41, 5.74) is 0. The van der Waals surface area contributed by atoms with Gasteiger partial charge in [-0.15, -0.1) is 0 Å². The lowest BCUT2D eigenvalue weighted by atomic mass is 10.2. The summed E-state index contributed by atoms with van der Waals surface area (Å²) in [6.45, 7) is -0.284.